The van der Waals surface area contributed by atoms with Gasteiger partial charge in [0.15, 0.2) is 5.69 Å². The van der Waals surface area contributed by atoms with Crippen molar-refractivity contribution < 1.29 is 14.3 Å². The average Bonchev–Trinajstić information content (AvgIpc) is 2.84. The van der Waals surface area contributed by atoms with Gasteiger partial charge in [0, 0.05) is 32.7 Å². The predicted molar refractivity (Wildman–Crippen MR) is 76.7 cm³/mol. The molecule has 1 saturated heterocycles. The molecule has 21 heavy (non-hydrogen) atoms. The molecule has 0 atom stereocenters. The number of carbonyl (C=O) groups is 2. The first-order chi connectivity index (χ1) is 10.0. The molecule has 1 fully saturated rings. The number of aromatic nitrogens is 2. The quantitative estimate of drug-likeness (QED) is 0.734. The first-order valence-corrected chi connectivity index (χ1v) is 6.91. The molecule has 0 spiro atoms. The molecule has 8 heteroatoms. The summed E-state index contributed by atoms with van der Waals surface area (Å²) in [5.41, 5.74) is 7.23. The summed E-state index contributed by atoms with van der Waals surface area (Å²) in [4.78, 5) is 27.3. The number of esters is 1. The zero-order valence-corrected chi connectivity index (χ0v) is 12.4. The molecule has 1 amide bonds. The fraction of sp³-hybridized carbons (Fsp3) is 0.615. The van der Waals surface area contributed by atoms with Gasteiger partial charge in [-0.15, -0.1) is 0 Å². The molecule has 1 aromatic rings. The second-order valence-electron chi connectivity index (χ2n) is 5.07. The van der Waals surface area contributed by atoms with E-state index in [-0.39, 0.29) is 17.6 Å². The third-order valence-electron chi connectivity index (χ3n) is 3.72. The molecule has 3 N–H and O–H groups in total. The minimum atomic E-state index is -0.215. The van der Waals surface area contributed by atoms with Crippen molar-refractivity contribution in [1.82, 2.24) is 20.0 Å². The van der Waals surface area contributed by atoms with Crippen LogP contribution in [0.3, 0.4) is 0 Å². The second kappa shape index (κ2) is 6.57. The van der Waals surface area contributed by atoms with Crippen LogP contribution >= 0.6 is 0 Å². The van der Waals surface area contributed by atoms with E-state index in [0.29, 0.717) is 37.4 Å². The maximum Gasteiger partial charge on any atom is 0.306 e. The van der Waals surface area contributed by atoms with E-state index < -0.39 is 0 Å². The zero-order chi connectivity index (χ0) is 15.4. The maximum atomic E-state index is 12.3. The summed E-state index contributed by atoms with van der Waals surface area (Å²) in [7, 11) is 1.38. The molecule has 0 aliphatic carbocycles. The van der Waals surface area contributed by atoms with Crippen LogP contribution in [0.4, 0.5) is 5.69 Å². The first kappa shape index (κ1) is 15.3. The fourth-order valence-corrected chi connectivity index (χ4v) is 2.28. The molecule has 1 aliphatic rings. The van der Waals surface area contributed by atoms with Crippen molar-refractivity contribution in [3.05, 3.63) is 11.4 Å². The molecule has 1 aliphatic heterocycles. The first-order valence-electron chi connectivity index (χ1n) is 6.91. The molecule has 8 nitrogen and oxygen atoms in total. The lowest BCUT2D eigenvalue weighted by Gasteiger charge is -2.34. The van der Waals surface area contributed by atoms with Crippen molar-refractivity contribution in [3.8, 4) is 0 Å². The SMILES string of the molecule is COC(=O)CCN1CCN(C(=O)c2n[nH]c(C)c2N)CC1. The molecule has 0 unspecified atom stereocenters. The lowest BCUT2D eigenvalue weighted by molar-refractivity contribution is -0.141. The maximum absolute atomic E-state index is 12.3. The van der Waals surface area contributed by atoms with Gasteiger partial charge in [0.1, 0.15) is 0 Å². The van der Waals surface area contributed by atoms with E-state index in [1.54, 1.807) is 11.8 Å². The molecular formula is C13H21N5O3. The van der Waals surface area contributed by atoms with Crippen LogP contribution in [0, 0.1) is 6.92 Å². The van der Waals surface area contributed by atoms with E-state index in [4.69, 9.17) is 5.73 Å². The highest BCUT2D eigenvalue weighted by Crippen LogP contribution is 2.16. The van der Waals surface area contributed by atoms with Crippen molar-refractivity contribution in [1.29, 1.82) is 0 Å². The van der Waals surface area contributed by atoms with Crippen molar-refractivity contribution in [3.63, 3.8) is 0 Å². The minimum Gasteiger partial charge on any atom is -0.469 e. The topological polar surface area (TPSA) is 105 Å². The Hall–Kier alpha value is -2.09. The van der Waals surface area contributed by atoms with Gasteiger partial charge >= 0.3 is 5.97 Å². The molecular weight excluding hydrogens is 274 g/mol. The Labute approximate surface area is 123 Å². The molecule has 116 valence electrons. The lowest BCUT2D eigenvalue weighted by atomic mass is 10.2. The lowest BCUT2D eigenvalue weighted by Crippen LogP contribution is -2.49. The summed E-state index contributed by atoms with van der Waals surface area (Å²) in [5, 5.41) is 6.68. The molecule has 2 rings (SSSR count). The number of hydrogen-bond donors (Lipinski definition) is 2. The van der Waals surface area contributed by atoms with E-state index in [1.807, 2.05) is 0 Å². The van der Waals surface area contributed by atoms with Gasteiger partial charge in [0.2, 0.25) is 0 Å². The number of methoxy groups -OCH3 is 1. The third-order valence-corrected chi connectivity index (χ3v) is 3.72. The van der Waals surface area contributed by atoms with Gasteiger partial charge in [-0.25, -0.2) is 0 Å². The normalized spacial score (nSPS) is 16.0. The summed E-state index contributed by atoms with van der Waals surface area (Å²) in [5.74, 6) is -0.363. The zero-order valence-electron chi connectivity index (χ0n) is 12.4. The summed E-state index contributed by atoms with van der Waals surface area (Å²) in [6.07, 6.45) is 0.371. The molecule has 2 heterocycles. The van der Waals surface area contributed by atoms with Gasteiger partial charge < -0.3 is 15.4 Å². The Balaban J connectivity index is 1.85. The minimum absolute atomic E-state index is 0.149. The number of nitrogens with one attached hydrogen (secondary N) is 1. The number of hydrogen-bond acceptors (Lipinski definition) is 6. The number of H-pyrrole nitrogens is 1. The highest BCUT2D eigenvalue weighted by molar-refractivity contribution is 5.97. The number of ether oxygens (including phenoxy) is 1. The van der Waals surface area contributed by atoms with Gasteiger partial charge in [-0.2, -0.15) is 5.10 Å². The largest absolute Gasteiger partial charge is 0.469 e. The van der Waals surface area contributed by atoms with Gasteiger partial charge in [-0.3, -0.25) is 19.6 Å². The van der Waals surface area contributed by atoms with Gasteiger partial charge in [0.25, 0.3) is 5.91 Å². The molecule has 0 aromatic carbocycles. The Kier molecular flexibility index (Phi) is 4.79. The molecule has 0 radical (unpaired) electrons. The number of aromatic amines is 1. The van der Waals surface area contributed by atoms with Crippen LogP contribution in [0.15, 0.2) is 0 Å². The number of nitrogen functional groups attached to an aromatic ring is 1. The van der Waals surface area contributed by atoms with Crippen LogP contribution < -0.4 is 5.73 Å². The van der Waals surface area contributed by atoms with Crippen LogP contribution in [0.5, 0.6) is 0 Å². The molecule has 0 bridgehead atoms. The predicted octanol–water partition coefficient (Wildman–Crippen LogP) is -0.379. The Morgan fingerprint density at radius 3 is 2.52 bits per heavy atom. The van der Waals surface area contributed by atoms with Crippen molar-refractivity contribution >= 4 is 17.6 Å². The number of carbonyl (C=O) groups excluding carboxylic acids is 2. The average molecular weight is 295 g/mol. The van der Waals surface area contributed by atoms with Crippen LogP contribution in [0.2, 0.25) is 0 Å². The van der Waals surface area contributed by atoms with E-state index in [0.717, 1.165) is 13.1 Å². The Morgan fingerprint density at radius 2 is 2.00 bits per heavy atom. The highest BCUT2D eigenvalue weighted by Gasteiger charge is 2.25. The standard InChI is InChI=1S/C13H21N5O3/c1-9-11(14)12(16-15-9)13(20)18-7-5-17(6-8-18)4-3-10(19)21-2/h3-8,14H2,1-2H3,(H,15,16). The number of nitrogens with two attached hydrogens (primary N) is 1. The Bertz CT molecular complexity index is 520. The van der Waals surface area contributed by atoms with Crippen LogP contribution in [-0.4, -0.2) is 71.7 Å². The van der Waals surface area contributed by atoms with Crippen LogP contribution in [0.25, 0.3) is 0 Å². The van der Waals surface area contributed by atoms with E-state index in [1.165, 1.54) is 7.11 Å². The number of piperazine rings is 1. The number of nitrogens with zero attached hydrogens (tertiary/aromatic N) is 3. The Morgan fingerprint density at radius 1 is 1.33 bits per heavy atom. The smallest absolute Gasteiger partial charge is 0.306 e. The van der Waals surface area contributed by atoms with Crippen molar-refractivity contribution in [2.24, 2.45) is 0 Å². The molecule has 1 aromatic heterocycles. The fourth-order valence-electron chi connectivity index (χ4n) is 2.28. The van der Waals surface area contributed by atoms with Crippen molar-refractivity contribution in [2.45, 2.75) is 13.3 Å². The summed E-state index contributed by atoms with van der Waals surface area (Å²) in [6, 6.07) is 0. The summed E-state index contributed by atoms with van der Waals surface area (Å²) < 4.78 is 4.62. The number of rotatable bonds is 4. The van der Waals surface area contributed by atoms with Gasteiger partial charge in [-0.05, 0) is 6.92 Å². The second-order valence-corrected chi connectivity index (χ2v) is 5.07. The summed E-state index contributed by atoms with van der Waals surface area (Å²) >= 11 is 0. The summed E-state index contributed by atoms with van der Waals surface area (Å²) in [6.45, 7) is 5.09. The van der Waals surface area contributed by atoms with Crippen LogP contribution in [-0.2, 0) is 9.53 Å². The van der Waals surface area contributed by atoms with E-state index >= 15 is 0 Å². The third kappa shape index (κ3) is 3.52. The number of amides is 1. The van der Waals surface area contributed by atoms with Crippen molar-refractivity contribution in [2.75, 3.05) is 45.6 Å². The van der Waals surface area contributed by atoms with E-state index in [9.17, 15) is 9.59 Å². The van der Waals surface area contributed by atoms with Gasteiger partial charge in [-0.1, -0.05) is 0 Å². The van der Waals surface area contributed by atoms with E-state index in [2.05, 4.69) is 19.8 Å². The monoisotopic (exact) mass is 295 g/mol. The number of aryl methyl sites for hydroxylation is 1. The number of anilines is 1. The highest BCUT2D eigenvalue weighted by atomic mass is 16.5. The van der Waals surface area contributed by atoms with Gasteiger partial charge in [0.05, 0.1) is 24.9 Å². The van der Waals surface area contributed by atoms with Crippen LogP contribution in [0.1, 0.15) is 22.6 Å². The molecule has 0 saturated carbocycles.